The van der Waals surface area contributed by atoms with Gasteiger partial charge in [0.25, 0.3) is 0 Å². The second-order valence-electron chi connectivity index (χ2n) is 4.44. The van der Waals surface area contributed by atoms with E-state index in [2.05, 4.69) is 5.32 Å². The van der Waals surface area contributed by atoms with Gasteiger partial charge in [-0.25, -0.2) is 4.79 Å². The van der Waals surface area contributed by atoms with E-state index >= 15 is 0 Å². The lowest BCUT2D eigenvalue weighted by Crippen LogP contribution is -2.15. The van der Waals surface area contributed by atoms with Gasteiger partial charge in [-0.05, 0) is 30.3 Å². The number of rotatable bonds is 3. The Morgan fingerprint density at radius 3 is 2.50 bits per heavy atom. The van der Waals surface area contributed by atoms with E-state index in [1.165, 1.54) is 11.8 Å². The molecule has 0 aliphatic carbocycles. The number of benzene rings is 1. The number of nitrogens with one attached hydrogen (secondary N) is 1. The molecule has 110 valence electrons. The van der Waals surface area contributed by atoms with Gasteiger partial charge >= 0.3 is 5.97 Å². The van der Waals surface area contributed by atoms with Crippen LogP contribution in [-0.2, 0) is 0 Å². The third kappa shape index (κ3) is 3.11. The first-order chi connectivity index (χ1) is 10.5. The molecule has 1 saturated heterocycles. The van der Waals surface area contributed by atoms with E-state index in [-0.39, 0.29) is 5.56 Å². The maximum Gasteiger partial charge on any atom is 0.335 e. The number of furan rings is 1. The Labute approximate surface area is 141 Å². The van der Waals surface area contributed by atoms with Crippen molar-refractivity contribution in [1.29, 1.82) is 0 Å². The summed E-state index contributed by atoms with van der Waals surface area (Å²) in [5.74, 6) is 0.369. The molecule has 0 unspecified atom stereocenters. The first-order valence-corrected chi connectivity index (χ1v) is 7.84. The van der Waals surface area contributed by atoms with E-state index in [1.807, 2.05) is 18.2 Å². The van der Waals surface area contributed by atoms with Crippen LogP contribution in [0, 0.1) is 0 Å². The lowest BCUT2D eigenvalue weighted by Gasteiger charge is -1.98. The molecule has 2 N–H and O–H groups in total. The lowest BCUT2D eigenvalue weighted by molar-refractivity contribution is 0.0697. The molecule has 4 nitrogen and oxygen atoms in total. The molecule has 2 aromatic rings. The molecule has 0 spiro atoms. The fourth-order valence-corrected chi connectivity index (χ4v) is 3.37. The van der Waals surface area contributed by atoms with E-state index in [1.54, 1.807) is 24.3 Å². The van der Waals surface area contributed by atoms with Gasteiger partial charge in [0.05, 0.1) is 10.5 Å². The minimum absolute atomic E-state index is 0.241. The van der Waals surface area contributed by atoms with Gasteiger partial charge in [-0.2, -0.15) is 0 Å². The molecular weight excluding hydrogens is 338 g/mol. The first-order valence-electron chi connectivity index (χ1n) is 6.21. The second kappa shape index (κ2) is 6.04. The van der Waals surface area contributed by atoms with Gasteiger partial charge in [-0.3, -0.25) is 0 Å². The van der Waals surface area contributed by atoms with Crippen molar-refractivity contribution in [2.75, 3.05) is 0 Å². The zero-order valence-electron chi connectivity index (χ0n) is 11.0. The number of carboxylic acid groups (broad SMARTS) is 1. The van der Waals surface area contributed by atoms with Crippen LogP contribution in [0.2, 0.25) is 0 Å². The number of carboxylic acids is 1. The molecule has 1 aromatic carbocycles. The second-order valence-corrected chi connectivity index (χ2v) is 6.56. The standard InChI is InChI=1S/C15H9NO3S3/c17-14(18)9-3-1-8(2-4-9)11-6-5-10(19-11)7-12-13(20)16-15(21)22-12/h1-7H,(H,17,18)(H,16,20,21)/b12-7+. The van der Waals surface area contributed by atoms with Crippen LogP contribution in [0.3, 0.4) is 0 Å². The molecule has 1 aliphatic heterocycles. The van der Waals surface area contributed by atoms with Crippen LogP contribution >= 0.6 is 36.2 Å². The third-order valence-electron chi connectivity index (χ3n) is 2.96. The summed E-state index contributed by atoms with van der Waals surface area (Å²) < 4.78 is 6.38. The number of thiocarbonyl (C=S) groups is 2. The lowest BCUT2D eigenvalue weighted by atomic mass is 10.1. The van der Waals surface area contributed by atoms with Crippen LogP contribution in [0.5, 0.6) is 0 Å². The highest BCUT2D eigenvalue weighted by Gasteiger charge is 2.19. The Bertz CT molecular complexity index is 806. The van der Waals surface area contributed by atoms with Crippen LogP contribution < -0.4 is 5.32 Å². The summed E-state index contributed by atoms with van der Waals surface area (Å²) in [4.78, 5) is 12.3. The van der Waals surface area contributed by atoms with Gasteiger partial charge in [0.15, 0.2) is 0 Å². The van der Waals surface area contributed by atoms with Crippen molar-refractivity contribution in [3.63, 3.8) is 0 Å². The van der Waals surface area contributed by atoms with Gasteiger partial charge in [0, 0.05) is 5.56 Å². The van der Waals surface area contributed by atoms with Crippen molar-refractivity contribution < 1.29 is 14.3 Å². The molecule has 0 radical (unpaired) electrons. The zero-order valence-corrected chi connectivity index (χ0v) is 13.5. The molecule has 22 heavy (non-hydrogen) atoms. The molecule has 1 aromatic heterocycles. The topological polar surface area (TPSA) is 62.5 Å². The monoisotopic (exact) mass is 347 g/mol. The Kier molecular flexibility index (Phi) is 4.10. The molecule has 3 rings (SSSR count). The van der Waals surface area contributed by atoms with E-state index in [0.717, 1.165) is 10.5 Å². The fourth-order valence-electron chi connectivity index (χ4n) is 1.91. The normalized spacial score (nSPS) is 16.1. The average molecular weight is 347 g/mol. The van der Waals surface area contributed by atoms with E-state index < -0.39 is 5.97 Å². The Balaban J connectivity index is 1.85. The van der Waals surface area contributed by atoms with Crippen molar-refractivity contribution >= 4 is 57.6 Å². The molecule has 0 amide bonds. The molecular formula is C15H9NO3S3. The van der Waals surface area contributed by atoms with Gasteiger partial charge in [0.2, 0.25) is 0 Å². The maximum atomic E-state index is 10.8. The summed E-state index contributed by atoms with van der Waals surface area (Å²) in [5, 5.41) is 11.8. The Morgan fingerprint density at radius 1 is 1.18 bits per heavy atom. The Hall–Kier alpha value is -1.96. The van der Waals surface area contributed by atoms with E-state index in [9.17, 15) is 4.79 Å². The minimum Gasteiger partial charge on any atom is -0.478 e. The van der Waals surface area contributed by atoms with Crippen LogP contribution in [0.15, 0.2) is 45.7 Å². The number of hydrogen-bond acceptors (Lipinski definition) is 5. The van der Waals surface area contributed by atoms with Crippen LogP contribution in [-0.4, -0.2) is 20.4 Å². The predicted octanol–water partition coefficient (Wildman–Crippen LogP) is 3.93. The molecule has 2 heterocycles. The van der Waals surface area contributed by atoms with Crippen LogP contribution in [0.4, 0.5) is 0 Å². The SMILES string of the molecule is O=C(O)c1ccc(-c2ccc(/C=C3/SC(=S)NC3=S)o2)cc1. The van der Waals surface area contributed by atoms with E-state index in [0.29, 0.717) is 20.8 Å². The molecule has 0 saturated carbocycles. The fraction of sp³-hybridized carbons (Fsp3) is 0. The predicted molar refractivity (Wildman–Crippen MR) is 95.0 cm³/mol. The van der Waals surface area contributed by atoms with Gasteiger partial charge in [-0.1, -0.05) is 48.3 Å². The number of thioether (sulfide) groups is 1. The van der Waals surface area contributed by atoms with Crippen LogP contribution in [0.25, 0.3) is 17.4 Å². The summed E-state index contributed by atoms with van der Waals surface area (Å²) >= 11 is 11.6. The zero-order chi connectivity index (χ0) is 15.7. The van der Waals surface area contributed by atoms with E-state index in [4.69, 9.17) is 34.0 Å². The molecule has 0 bridgehead atoms. The van der Waals surface area contributed by atoms with Crippen molar-refractivity contribution in [2.45, 2.75) is 0 Å². The van der Waals surface area contributed by atoms with Gasteiger partial charge in [-0.15, -0.1) is 0 Å². The van der Waals surface area contributed by atoms with Crippen molar-refractivity contribution in [1.82, 2.24) is 5.32 Å². The molecule has 1 fully saturated rings. The number of aromatic carboxylic acids is 1. The summed E-state index contributed by atoms with van der Waals surface area (Å²) in [7, 11) is 0. The smallest absolute Gasteiger partial charge is 0.335 e. The van der Waals surface area contributed by atoms with Gasteiger partial charge < -0.3 is 14.8 Å². The maximum absolute atomic E-state index is 10.8. The first kappa shape index (κ1) is 15.0. The highest BCUT2D eigenvalue weighted by molar-refractivity contribution is 8.27. The highest BCUT2D eigenvalue weighted by atomic mass is 32.2. The minimum atomic E-state index is -0.952. The van der Waals surface area contributed by atoms with Crippen molar-refractivity contribution in [2.24, 2.45) is 0 Å². The third-order valence-corrected chi connectivity index (χ3v) is 4.59. The van der Waals surface area contributed by atoms with Gasteiger partial charge in [0.1, 0.15) is 20.8 Å². The summed E-state index contributed by atoms with van der Waals surface area (Å²) in [6, 6.07) is 10.2. The summed E-state index contributed by atoms with van der Waals surface area (Å²) in [6.07, 6.45) is 1.83. The quantitative estimate of drug-likeness (QED) is 0.644. The molecule has 1 aliphatic rings. The summed E-state index contributed by atoms with van der Waals surface area (Å²) in [6.45, 7) is 0. The molecule has 0 atom stereocenters. The molecule has 7 heteroatoms. The van der Waals surface area contributed by atoms with Crippen LogP contribution in [0.1, 0.15) is 16.1 Å². The van der Waals surface area contributed by atoms with Crippen molar-refractivity contribution in [3.05, 3.63) is 52.6 Å². The van der Waals surface area contributed by atoms with Crippen molar-refractivity contribution in [3.8, 4) is 11.3 Å². The largest absolute Gasteiger partial charge is 0.478 e. The highest BCUT2D eigenvalue weighted by Crippen LogP contribution is 2.29. The Morgan fingerprint density at radius 2 is 1.91 bits per heavy atom. The average Bonchev–Trinajstić information content (AvgIpc) is 3.06. The summed E-state index contributed by atoms with van der Waals surface area (Å²) in [5.41, 5.74) is 1.05. The number of carbonyl (C=O) groups is 1. The number of hydrogen-bond donors (Lipinski definition) is 2.